The van der Waals surface area contributed by atoms with Gasteiger partial charge >= 0.3 is 6.61 Å². The molecule has 82 valence electrons. The summed E-state index contributed by atoms with van der Waals surface area (Å²) in [6.45, 7) is -2.84. The lowest BCUT2D eigenvalue weighted by molar-refractivity contribution is -0.111. The number of halogens is 3. The lowest BCUT2D eigenvalue weighted by Crippen LogP contribution is -2.02. The van der Waals surface area contributed by atoms with Crippen LogP contribution in [-0.4, -0.2) is 11.9 Å². The van der Waals surface area contributed by atoms with E-state index in [4.69, 9.17) is 11.6 Å². The normalized spacial score (nSPS) is 10.4. The van der Waals surface area contributed by atoms with E-state index in [0.29, 0.717) is 6.42 Å². The van der Waals surface area contributed by atoms with Crippen LogP contribution >= 0.6 is 11.6 Å². The number of hydrogen-bond donors (Lipinski definition) is 0. The summed E-state index contributed by atoms with van der Waals surface area (Å²) < 4.78 is 27.9. The zero-order valence-electron chi connectivity index (χ0n) is 7.75. The third-order valence-electron chi connectivity index (χ3n) is 1.73. The highest BCUT2D eigenvalue weighted by atomic mass is 35.5. The van der Waals surface area contributed by atoms with Gasteiger partial charge in [0, 0.05) is 6.42 Å². The fourth-order valence-corrected chi connectivity index (χ4v) is 1.21. The van der Waals surface area contributed by atoms with Crippen molar-refractivity contribution in [1.82, 2.24) is 0 Å². The SMILES string of the molecule is O=C(Cl)CCc1cccc(OC(F)F)c1. The highest BCUT2D eigenvalue weighted by molar-refractivity contribution is 6.63. The third-order valence-corrected chi connectivity index (χ3v) is 1.92. The lowest BCUT2D eigenvalue weighted by Gasteiger charge is -2.05. The van der Waals surface area contributed by atoms with E-state index in [1.165, 1.54) is 12.1 Å². The minimum atomic E-state index is -2.84. The van der Waals surface area contributed by atoms with Crippen molar-refractivity contribution >= 4 is 16.8 Å². The topological polar surface area (TPSA) is 26.3 Å². The molecule has 1 aromatic rings. The average Bonchev–Trinajstić information content (AvgIpc) is 2.14. The molecule has 0 heterocycles. The Bertz CT molecular complexity index is 342. The van der Waals surface area contributed by atoms with Gasteiger partial charge in [0.25, 0.3) is 0 Å². The number of benzene rings is 1. The first-order valence-corrected chi connectivity index (χ1v) is 4.68. The van der Waals surface area contributed by atoms with Crippen LogP contribution in [0.3, 0.4) is 0 Å². The molecule has 2 nitrogen and oxygen atoms in total. The third kappa shape index (κ3) is 4.74. The fraction of sp³-hybridized carbons (Fsp3) is 0.300. The largest absolute Gasteiger partial charge is 0.435 e. The van der Waals surface area contributed by atoms with Gasteiger partial charge in [-0.3, -0.25) is 4.79 Å². The van der Waals surface area contributed by atoms with Crippen LogP contribution in [0, 0.1) is 0 Å². The molecule has 0 unspecified atom stereocenters. The second-order valence-corrected chi connectivity index (χ2v) is 3.30. The van der Waals surface area contributed by atoms with Crippen LogP contribution in [0.4, 0.5) is 8.78 Å². The number of aryl methyl sites for hydroxylation is 1. The predicted molar refractivity (Wildman–Crippen MR) is 52.3 cm³/mol. The Labute approximate surface area is 90.8 Å². The molecule has 0 aliphatic carbocycles. The van der Waals surface area contributed by atoms with Crippen molar-refractivity contribution in [3.8, 4) is 5.75 Å². The molecule has 0 amide bonds. The minimum Gasteiger partial charge on any atom is -0.435 e. The van der Waals surface area contributed by atoms with Crippen LogP contribution in [0.15, 0.2) is 24.3 Å². The molecular formula is C10H9ClF2O2. The predicted octanol–water partition coefficient (Wildman–Crippen LogP) is 2.99. The van der Waals surface area contributed by atoms with Crippen LogP contribution < -0.4 is 4.74 Å². The van der Waals surface area contributed by atoms with Gasteiger partial charge in [-0.25, -0.2) is 0 Å². The van der Waals surface area contributed by atoms with E-state index in [9.17, 15) is 13.6 Å². The van der Waals surface area contributed by atoms with Gasteiger partial charge in [0.1, 0.15) is 5.75 Å². The quantitative estimate of drug-likeness (QED) is 0.732. The van der Waals surface area contributed by atoms with E-state index in [1.807, 2.05) is 0 Å². The van der Waals surface area contributed by atoms with Crippen molar-refractivity contribution < 1.29 is 18.3 Å². The number of rotatable bonds is 5. The number of alkyl halides is 2. The molecule has 0 aliphatic heterocycles. The van der Waals surface area contributed by atoms with Crippen molar-refractivity contribution in [1.29, 1.82) is 0 Å². The molecule has 0 aliphatic rings. The van der Waals surface area contributed by atoms with Gasteiger partial charge in [-0.2, -0.15) is 8.78 Å². The van der Waals surface area contributed by atoms with Crippen LogP contribution in [0.2, 0.25) is 0 Å². The number of ether oxygens (including phenoxy) is 1. The highest BCUT2D eigenvalue weighted by Gasteiger charge is 2.05. The molecule has 0 aromatic heterocycles. The number of carbonyl (C=O) groups excluding carboxylic acids is 1. The van der Waals surface area contributed by atoms with Gasteiger partial charge in [0.15, 0.2) is 0 Å². The summed E-state index contributed by atoms with van der Waals surface area (Å²) in [5.41, 5.74) is 0.738. The van der Waals surface area contributed by atoms with E-state index in [1.54, 1.807) is 12.1 Å². The van der Waals surface area contributed by atoms with Gasteiger partial charge in [-0.05, 0) is 35.7 Å². The van der Waals surface area contributed by atoms with Crippen LogP contribution in [0.1, 0.15) is 12.0 Å². The Morgan fingerprint density at radius 2 is 2.20 bits per heavy atom. The summed E-state index contributed by atoms with van der Waals surface area (Å²) in [5, 5.41) is -0.449. The summed E-state index contributed by atoms with van der Waals surface area (Å²) in [5.74, 6) is 0.0875. The maximum Gasteiger partial charge on any atom is 0.387 e. The van der Waals surface area contributed by atoms with Crippen LogP contribution in [-0.2, 0) is 11.2 Å². The van der Waals surface area contributed by atoms with E-state index in [0.717, 1.165) is 5.56 Å². The molecule has 0 radical (unpaired) electrons. The molecule has 0 fully saturated rings. The van der Waals surface area contributed by atoms with E-state index < -0.39 is 11.9 Å². The first-order valence-electron chi connectivity index (χ1n) is 4.30. The Morgan fingerprint density at radius 3 is 2.80 bits per heavy atom. The first kappa shape index (κ1) is 11.9. The van der Waals surface area contributed by atoms with E-state index in [2.05, 4.69) is 4.74 Å². The van der Waals surface area contributed by atoms with E-state index in [-0.39, 0.29) is 12.2 Å². The van der Waals surface area contributed by atoms with E-state index >= 15 is 0 Å². The molecule has 1 aromatic carbocycles. The maximum absolute atomic E-state index is 11.9. The van der Waals surface area contributed by atoms with Crippen molar-refractivity contribution in [2.75, 3.05) is 0 Å². The van der Waals surface area contributed by atoms with Gasteiger partial charge in [-0.1, -0.05) is 12.1 Å². The molecule has 0 atom stereocenters. The fourth-order valence-electron chi connectivity index (χ4n) is 1.12. The van der Waals surface area contributed by atoms with Crippen molar-refractivity contribution in [3.63, 3.8) is 0 Å². The molecule has 5 heteroatoms. The Morgan fingerprint density at radius 1 is 1.47 bits per heavy atom. The Hall–Kier alpha value is -1.16. The molecule has 1 rings (SSSR count). The van der Waals surface area contributed by atoms with Crippen LogP contribution in [0.25, 0.3) is 0 Å². The van der Waals surface area contributed by atoms with Gasteiger partial charge in [0.05, 0.1) is 0 Å². The Balaban J connectivity index is 2.61. The zero-order valence-corrected chi connectivity index (χ0v) is 8.51. The molecule has 15 heavy (non-hydrogen) atoms. The molecule has 0 spiro atoms. The molecular weight excluding hydrogens is 226 g/mol. The minimum absolute atomic E-state index is 0.0875. The van der Waals surface area contributed by atoms with Gasteiger partial charge in [0.2, 0.25) is 5.24 Å². The van der Waals surface area contributed by atoms with Gasteiger partial charge < -0.3 is 4.74 Å². The van der Waals surface area contributed by atoms with Crippen molar-refractivity contribution in [2.45, 2.75) is 19.5 Å². The Kier molecular flexibility index (Phi) is 4.49. The number of carbonyl (C=O) groups is 1. The molecule has 0 saturated carbocycles. The standard InChI is InChI=1S/C10H9ClF2O2/c11-9(14)5-4-7-2-1-3-8(6-7)15-10(12)13/h1-3,6,10H,4-5H2. The maximum atomic E-state index is 11.9. The summed E-state index contributed by atoms with van der Waals surface area (Å²) in [6, 6.07) is 6.20. The average molecular weight is 235 g/mol. The molecule has 0 N–H and O–H groups in total. The lowest BCUT2D eigenvalue weighted by atomic mass is 10.1. The number of hydrogen-bond acceptors (Lipinski definition) is 2. The summed E-state index contributed by atoms with van der Waals surface area (Å²) in [7, 11) is 0. The smallest absolute Gasteiger partial charge is 0.387 e. The summed E-state index contributed by atoms with van der Waals surface area (Å²) in [6.07, 6.45) is 0.600. The summed E-state index contributed by atoms with van der Waals surface area (Å²) in [4.78, 5) is 10.5. The van der Waals surface area contributed by atoms with Crippen molar-refractivity contribution in [2.24, 2.45) is 0 Å². The monoisotopic (exact) mass is 234 g/mol. The zero-order chi connectivity index (χ0) is 11.3. The first-order chi connectivity index (χ1) is 7.08. The molecule has 0 bridgehead atoms. The summed E-state index contributed by atoms with van der Waals surface area (Å²) >= 11 is 5.16. The molecule has 0 saturated heterocycles. The highest BCUT2D eigenvalue weighted by Crippen LogP contribution is 2.17. The van der Waals surface area contributed by atoms with Crippen molar-refractivity contribution in [3.05, 3.63) is 29.8 Å². The second-order valence-electron chi connectivity index (χ2n) is 2.88. The van der Waals surface area contributed by atoms with Gasteiger partial charge in [-0.15, -0.1) is 0 Å². The second kappa shape index (κ2) is 5.66. The van der Waals surface area contributed by atoms with Crippen LogP contribution in [0.5, 0.6) is 5.75 Å².